The van der Waals surface area contributed by atoms with E-state index in [1.54, 1.807) is 0 Å². The number of hydrogen-bond acceptors (Lipinski definition) is 4. The summed E-state index contributed by atoms with van der Waals surface area (Å²) in [5.41, 5.74) is 3.30. The number of hydrogen-bond donors (Lipinski definition) is 1. The van der Waals surface area contributed by atoms with E-state index in [4.69, 9.17) is 25.8 Å². The van der Waals surface area contributed by atoms with E-state index in [9.17, 15) is 0 Å². The molecule has 0 bridgehead atoms. The lowest BCUT2D eigenvalue weighted by Gasteiger charge is -2.13. The summed E-state index contributed by atoms with van der Waals surface area (Å²) < 4.78 is 17.9. The standard InChI is InChI=1S/C22H19BrClNO3.ClH/c23-18-4-8-20(26-13-15-1-5-19(24)6-2-15)17(10-18)12-25-11-16-3-7-21-22(9-16)28-14-27-21;/h1-10,25H,11-14H2;1H/p-1. The van der Waals surface area contributed by atoms with E-state index in [0.717, 1.165) is 50.0 Å². The van der Waals surface area contributed by atoms with Gasteiger partial charge in [0.2, 0.25) is 6.79 Å². The van der Waals surface area contributed by atoms with Crippen LogP contribution in [0.15, 0.2) is 65.1 Å². The SMILES string of the molecule is Clc1ccc(COc2ccc(Br)cc2CNCc2ccc3c(c2)OCO3)cc1.[Cl-]. The molecule has 29 heavy (non-hydrogen) atoms. The Morgan fingerprint density at radius 3 is 2.48 bits per heavy atom. The molecule has 0 amide bonds. The van der Waals surface area contributed by atoms with Gasteiger partial charge < -0.3 is 31.9 Å². The van der Waals surface area contributed by atoms with Crippen molar-refractivity contribution in [1.82, 2.24) is 5.32 Å². The normalized spacial score (nSPS) is 11.8. The summed E-state index contributed by atoms with van der Waals surface area (Å²) in [6.45, 7) is 2.19. The second-order valence-electron chi connectivity index (χ2n) is 6.46. The van der Waals surface area contributed by atoms with Gasteiger partial charge in [0.25, 0.3) is 0 Å². The van der Waals surface area contributed by atoms with E-state index in [1.165, 1.54) is 0 Å². The predicted octanol–water partition coefficient (Wildman–Crippen LogP) is 2.70. The summed E-state index contributed by atoms with van der Waals surface area (Å²) in [6.07, 6.45) is 0. The maximum Gasteiger partial charge on any atom is 0.231 e. The van der Waals surface area contributed by atoms with Crippen LogP contribution in [0.1, 0.15) is 16.7 Å². The molecule has 0 aliphatic carbocycles. The van der Waals surface area contributed by atoms with Gasteiger partial charge in [0.15, 0.2) is 11.5 Å². The fourth-order valence-electron chi connectivity index (χ4n) is 2.96. The molecule has 3 aromatic carbocycles. The third kappa shape index (κ3) is 5.80. The minimum absolute atomic E-state index is 0. The highest BCUT2D eigenvalue weighted by Crippen LogP contribution is 2.32. The van der Waals surface area contributed by atoms with Gasteiger partial charge in [-0.1, -0.05) is 45.7 Å². The summed E-state index contributed by atoms with van der Waals surface area (Å²) in [4.78, 5) is 0. The van der Waals surface area contributed by atoms with Crippen molar-refractivity contribution in [1.29, 1.82) is 0 Å². The molecule has 0 fully saturated rings. The first kappa shape index (κ1) is 21.8. The number of halogens is 3. The number of rotatable bonds is 7. The van der Waals surface area contributed by atoms with Crippen LogP contribution in [0.2, 0.25) is 5.02 Å². The average Bonchev–Trinajstić information content (AvgIpc) is 3.16. The zero-order valence-electron chi connectivity index (χ0n) is 15.5. The predicted molar refractivity (Wildman–Crippen MR) is 113 cm³/mol. The molecule has 152 valence electrons. The van der Waals surface area contributed by atoms with Gasteiger partial charge in [0.1, 0.15) is 12.4 Å². The van der Waals surface area contributed by atoms with Crippen LogP contribution in [0.5, 0.6) is 17.2 Å². The lowest BCUT2D eigenvalue weighted by molar-refractivity contribution is -0.00000727. The van der Waals surface area contributed by atoms with Gasteiger partial charge in [-0.05, 0) is 53.6 Å². The molecular weight excluding hydrogens is 477 g/mol. The van der Waals surface area contributed by atoms with Crippen LogP contribution in [0, 0.1) is 0 Å². The summed E-state index contributed by atoms with van der Waals surface area (Å²) in [6, 6.07) is 19.7. The first-order valence-electron chi connectivity index (χ1n) is 8.92. The number of benzene rings is 3. The van der Waals surface area contributed by atoms with Gasteiger partial charge in [-0.15, -0.1) is 0 Å². The van der Waals surface area contributed by atoms with E-state index >= 15 is 0 Å². The van der Waals surface area contributed by atoms with E-state index in [0.29, 0.717) is 19.9 Å². The van der Waals surface area contributed by atoms with Crippen molar-refractivity contribution in [3.63, 3.8) is 0 Å². The lowest BCUT2D eigenvalue weighted by Crippen LogP contribution is -3.00. The molecule has 0 unspecified atom stereocenters. The van der Waals surface area contributed by atoms with Crippen molar-refractivity contribution in [3.05, 3.63) is 86.8 Å². The molecule has 4 rings (SSSR count). The zero-order chi connectivity index (χ0) is 19.3. The summed E-state index contributed by atoms with van der Waals surface area (Å²) in [5, 5.41) is 4.19. The van der Waals surface area contributed by atoms with E-state index in [2.05, 4.69) is 27.3 Å². The van der Waals surface area contributed by atoms with Crippen molar-refractivity contribution in [3.8, 4) is 17.2 Å². The summed E-state index contributed by atoms with van der Waals surface area (Å²) in [7, 11) is 0. The molecule has 1 aliphatic heterocycles. The first-order valence-corrected chi connectivity index (χ1v) is 10.1. The zero-order valence-corrected chi connectivity index (χ0v) is 18.6. The van der Waals surface area contributed by atoms with E-state index in [1.807, 2.05) is 54.6 Å². The van der Waals surface area contributed by atoms with Crippen LogP contribution in [0.3, 0.4) is 0 Å². The Labute approximate surface area is 189 Å². The maximum atomic E-state index is 6.04. The molecule has 0 spiro atoms. The quantitative estimate of drug-likeness (QED) is 0.547. The third-order valence-electron chi connectivity index (χ3n) is 4.41. The Kier molecular flexibility index (Phi) is 7.67. The van der Waals surface area contributed by atoms with Gasteiger partial charge in [-0.2, -0.15) is 0 Å². The number of fused-ring (bicyclic) bond motifs is 1. The monoisotopic (exact) mass is 494 g/mol. The van der Waals surface area contributed by atoms with E-state index < -0.39 is 0 Å². The molecule has 1 N–H and O–H groups in total. The van der Waals surface area contributed by atoms with E-state index in [-0.39, 0.29) is 12.4 Å². The van der Waals surface area contributed by atoms with Crippen molar-refractivity contribution in [2.75, 3.05) is 6.79 Å². The lowest BCUT2D eigenvalue weighted by atomic mass is 10.1. The largest absolute Gasteiger partial charge is 1.00 e. The van der Waals surface area contributed by atoms with Crippen LogP contribution in [-0.4, -0.2) is 6.79 Å². The first-order chi connectivity index (χ1) is 13.7. The molecule has 1 aliphatic rings. The Balaban J connectivity index is 0.00000240. The van der Waals surface area contributed by atoms with Crippen molar-refractivity contribution >= 4 is 27.5 Å². The number of nitrogens with one attached hydrogen (secondary N) is 1. The van der Waals surface area contributed by atoms with Crippen molar-refractivity contribution < 1.29 is 26.6 Å². The molecule has 0 radical (unpaired) electrons. The average molecular weight is 496 g/mol. The van der Waals surface area contributed by atoms with Gasteiger partial charge >= 0.3 is 0 Å². The molecule has 1 heterocycles. The van der Waals surface area contributed by atoms with Crippen LogP contribution < -0.4 is 31.9 Å². The second kappa shape index (κ2) is 10.2. The summed E-state index contributed by atoms with van der Waals surface area (Å²) >= 11 is 9.48. The van der Waals surface area contributed by atoms with Gasteiger partial charge in [0, 0.05) is 28.1 Å². The fraction of sp³-hybridized carbons (Fsp3) is 0.182. The smallest absolute Gasteiger partial charge is 0.231 e. The van der Waals surface area contributed by atoms with Crippen LogP contribution in [0.4, 0.5) is 0 Å². The Morgan fingerprint density at radius 2 is 1.66 bits per heavy atom. The van der Waals surface area contributed by atoms with Crippen LogP contribution in [-0.2, 0) is 19.7 Å². The maximum absolute atomic E-state index is 6.04. The fourth-order valence-corrected chi connectivity index (χ4v) is 3.50. The molecule has 0 saturated carbocycles. The van der Waals surface area contributed by atoms with Crippen molar-refractivity contribution in [2.24, 2.45) is 0 Å². The van der Waals surface area contributed by atoms with Crippen LogP contribution >= 0.6 is 27.5 Å². The molecule has 0 atom stereocenters. The minimum Gasteiger partial charge on any atom is -1.00 e. The van der Waals surface area contributed by atoms with Gasteiger partial charge in [0.05, 0.1) is 0 Å². The third-order valence-corrected chi connectivity index (χ3v) is 5.16. The Hall–Kier alpha value is -1.92. The molecule has 0 aromatic heterocycles. The Morgan fingerprint density at radius 1 is 0.897 bits per heavy atom. The van der Waals surface area contributed by atoms with Gasteiger partial charge in [-0.25, -0.2) is 0 Å². The highest BCUT2D eigenvalue weighted by Gasteiger charge is 2.13. The highest BCUT2D eigenvalue weighted by molar-refractivity contribution is 9.10. The second-order valence-corrected chi connectivity index (χ2v) is 7.81. The van der Waals surface area contributed by atoms with Crippen molar-refractivity contribution in [2.45, 2.75) is 19.7 Å². The minimum atomic E-state index is 0. The van der Waals surface area contributed by atoms with Gasteiger partial charge in [-0.3, -0.25) is 0 Å². The molecular formula is C22H19BrCl2NO3-. The Bertz CT molecular complexity index is 967. The molecule has 0 saturated heterocycles. The van der Waals surface area contributed by atoms with Crippen LogP contribution in [0.25, 0.3) is 0 Å². The number of ether oxygens (including phenoxy) is 3. The molecule has 7 heteroatoms. The molecule has 3 aromatic rings. The highest BCUT2D eigenvalue weighted by atomic mass is 79.9. The topological polar surface area (TPSA) is 39.7 Å². The molecule has 4 nitrogen and oxygen atoms in total. The summed E-state index contributed by atoms with van der Waals surface area (Å²) in [5.74, 6) is 2.46.